The van der Waals surface area contributed by atoms with E-state index >= 15 is 0 Å². The second-order valence-electron chi connectivity index (χ2n) is 4.59. The smallest absolute Gasteiger partial charge is 0.232 e. The van der Waals surface area contributed by atoms with E-state index in [9.17, 15) is 8.42 Å². The zero-order valence-electron chi connectivity index (χ0n) is 10.3. The van der Waals surface area contributed by atoms with Crippen molar-refractivity contribution in [2.24, 2.45) is 5.92 Å². The molecule has 0 saturated carbocycles. The van der Waals surface area contributed by atoms with Gasteiger partial charge in [-0.3, -0.25) is 4.72 Å². The molecule has 0 saturated heterocycles. The van der Waals surface area contributed by atoms with Crippen molar-refractivity contribution < 1.29 is 8.42 Å². The number of rotatable bonds is 5. The Hall–Kier alpha value is -0.550. The number of halogens is 1. The summed E-state index contributed by atoms with van der Waals surface area (Å²) in [6, 6.07) is 5.54. The number of hydrogen-bond acceptors (Lipinski definition) is 2. The van der Waals surface area contributed by atoms with E-state index in [2.05, 4.69) is 20.7 Å². The summed E-state index contributed by atoms with van der Waals surface area (Å²) in [5.74, 6) is 0.540. The number of benzene rings is 1. The maximum absolute atomic E-state index is 11.8. The molecular formula is C12H18BrNO2S. The van der Waals surface area contributed by atoms with Crippen molar-refractivity contribution in [3.05, 3.63) is 28.2 Å². The predicted octanol–water partition coefficient (Wildman–Crippen LogP) is 3.55. The second-order valence-corrected chi connectivity index (χ2v) is 7.28. The Kier molecular flexibility index (Phi) is 5.01. The van der Waals surface area contributed by atoms with Gasteiger partial charge < -0.3 is 0 Å². The van der Waals surface area contributed by atoms with E-state index in [-0.39, 0.29) is 5.75 Å². The van der Waals surface area contributed by atoms with Crippen LogP contribution in [0.5, 0.6) is 0 Å². The number of hydrogen-bond donors (Lipinski definition) is 1. The van der Waals surface area contributed by atoms with E-state index in [1.165, 1.54) is 0 Å². The minimum absolute atomic E-state index is 0.158. The van der Waals surface area contributed by atoms with Gasteiger partial charge >= 0.3 is 0 Å². The van der Waals surface area contributed by atoms with Crippen molar-refractivity contribution in [3.63, 3.8) is 0 Å². The highest BCUT2D eigenvalue weighted by Crippen LogP contribution is 2.24. The molecule has 0 fully saturated rings. The average molecular weight is 320 g/mol. The topological polar surface area (TPSA) is 46.2 Å². The molecule has 0 atom stereocenters. The Labute approximate surface area is 112 Å². The summed E-state index contributed by atoms with van der Waals surface area (Å²) in [6.07, 6.45) is 0.665. The molecule has 0 heterocycles. The van der Waals surface area contributed by atoms with Crippen molar-refractivity contribution in [1.82, 2.24) is 0 Å². The number of sulfonamides is 1. The molecule has 0 bridgehead atoms. The third kappa shape index (κ3) is 5.08. The highest BCUT2D eigenvalue weighted by atomic mass is 79.9. The molecule has 1 aromatic carbocycles. The van der Waals surface area contributed by atoms with Crippen molar-refractivity contribution in [1.29, 1.82) is 0 Å². The van der Waals surface area contributed by atoms with Gasteiger partial charge in [0, 0.05) is 4.47 Å². The molecule has 1 aromatic rings. The Morgan fingerprint density at radius 2 is 2.00 bits per heavy atom. The number of anilines is 1. The van der Waals surface area contributed by atoms with Gasteiger partial charge in [-0.2, -0.15) is 0 Å². The minimum atomic E-state index is -3.25. The molecule has 0 unspecified atom stereocenters. The normalized spacial score (nSPS) is 11.8. The molecule has 0 aliphatic carbocycles. The molecule has 0 radical (unpaired) electrons. The summed E-state index contributed by atoms with van der Waals surface area (Å²) in [5.41, 5.74) is 1.68. The van der Waals surface area contributed by atoms with Crippen molar-refractivity contribution in [3.8, 4) is 0 Å². The predicted molar refractivity (Wildman–Crippen MR) is 75.7 cm³/mol. The van der Waals surface area contributed by atoms with Gasteiger partial charge in [0.15, 0.2) is 0 Å². The van der Waals surface area contributed by atoms with Gasteiger partial charge in [-0.05, 0) is 52.9 Å². The molecular weight excluding hydrogens is 302 g/mol. The van der Waals surface area contributed by atoms with Crippen LogP contribution in [0.3, 0.4) is 0 Å². The van der Waals surface area contributed by atoms with E-state index in [1.54, 1.807) is 6.07 Å². The van der Waals surface area contributed by atoms with Crippen LogP contribution >= 0.6 is 15.9 Å². The van der Waals surface area contributed by atoms with Gasteiger partial charge in [-0.25, -0.2) is 8.42 Å². The largest absolute Gasteiger partial charge is 0.282 e. The van der Waals surface area contributed by atoms with Gasteiger partial charge in [0.2, 0.25) is 10.0 Å². The van der Waals surface area contributed by atoms with E-state index < -0.39 is 10.0 Å². The second kappa shape index (κ2) is 5.87. The lowest BCUT2D eigenvalue weighted by molar-refractivity contribution is 0.578. The van der Waals surface area contributed by atoms with Crippen LogP contribution in [0.25, 0.3) is 0 Å². The van der Waals surface area contributed by atoms with Gasteiger partial charge in [0.05, 0.1) is 11.4 Å². The number of nitrogens with one attached hydrogen (secondary N) is 1. The summed E-state index contributed by atoms with van der Waals surface area (Å²) < 4.78 is 27.0. The Balaban J connectivity index is 2.76. The number of aryl methyl sites for hydroxylation is 1. The Morgan fingerprint density at radius 1 is 1.35 bits per heavy atom. The van der Waals surface area contributed by atoms with E-state index in [4.69, 9.17) is 0 Å². The fraction of sp³-hybridized carbons (Fsp3) is 0.500. The Morgan fingerprint density at radius 3 is 2.53 bits per heavy atom. The van der Waals surface area contributed by atoms with Crippen molar-refractivity contribution in [2.45, 2.75) is 27.2 Å². The lowest BCUT2D eigenvalue weighted by Crippen LogP contribution is -2.18. The summed E-state index contributed by atoms with van der Waals surface area (Å²) >= 11 is 3.35. The van der Waals surface area contributed by atoms with Gasteiger partial charge in [-0.1, -0.05) is 19.9 Å². The molecule has 96 valence electrons. The lowest BCUT2D eigenvalue weighted by atomic mass is 10.2. The quantitative estimate of drug-likeness (QED) is 0.902. The molecule has 0 aliphatic rings. The third-order valence-corrected chi connectivity index (χ3v) is 4.31. The first kappa shape index (κ1) is 14.5. The molecule has 0 aromatic heterocycles. The standard InChI is InChI=1S/C12H18BrNO2S/c1-9(2)6-7-17(15,16)14-12-5-4-10(3)8-11(12)13/h4-5,8-9,14H,6-7H2,1-3H3. The fourth-order valence-corrected chi connectivity index (χ4v) is 3.43. The summed E-state index contributed by atoms with van der Waals surface area (Å²) in [7, 11) is -3.25. The molecule has 0 aliphatic heterocycles. The molecule has 3 nitrogen and oxygen atoms in total. The van der Waals surface area contributed by atoms with Crippen LogP contribution in [0.4, 0.5) is 5.69 Å². The highest BCUT2D eigenvalue weighted by Gasteiger charge is 2.12. The molecule has 1 rings (SSSR count). The van der Waals surface area contributed by atoms with Crippen LogP contribution in [0.1, 0.15) is 25.8 Å². The lowest BCUT2D eigenvalue weighted by Gasteiger charge is -2.11. The van der Waals surface area contributed by atoms with E-state index in [0.29, 0.717) is 18.0 Å². The highest BCUT2D eigenvalue weighted by molar-refractivity contribution is 9.10. The van der Waals surface area contributed by atoms with Gasteiger partial charge in [-0.15, -0.1) is 0 Å². The van der Waals surface area contributed by atoms with Crippen LogP contribution in [0.15, 0.2) is 22.7 Å². The minimum Gasteiger partial charge on any atom is -0.282 e. The Bertz CT molecular complexity index is 483. The van der Waals surface area contributed by atoms with Crippen molar-refractivity contribution in [2.75, 3.05) is 10.5 Å². The third-order valence-electron chi connectivity index (χ3n) is 2.35. The zero-order chi connectivity index (χ0) is 13.1. The summed E-state index contributed by atoms with van der Waals surface area (Å²) in [5, 5.41) is 0. The fourth-order valence-electron chi connectivity index (χ4n) is 1.31. The van der Waals surface area contributed by atoms with Crippen molar-refractivity contribution >= 4 is 31.6 Å². The van der Waals surface area contributed by atoms with Gasteiger partial charge in [0.25, 0.3) is 0 Å². The SMILES string of the molecule is Cc1ccc(NS(=O)(=O)CCC(C)C)c(Br)c1. The van der Waals surface area contributed by atoms with E-state index in [1.807, 2.05) is 32.9 Å². The molecule has 5 heteroatoms. The summed E-state index contributed by atoms with van der Waals surface area (Å²) in [4.78, 5) is 0. The summed E-state index contributed by atoms with van der Waals surface area (Å²) in [6.45, 7) is 5.98. The molecule has 17 heavy (non-hydrogen) atoms. The zero-order valence-corrected chi connectivity index (χ0v) is 12.7. The first-order chi connectivity index (χ1) is 7.80. The average Bonchev–Trinajstić information content (AvgIpc) is 2.20. The maximum Gasteiger partial charge on any atom is 0.232 e. The van der Waals surface area contributed by atoms with E-state index in [0.717, 1.165) is 10.0 Å². The first-order valence-corrected chi connectivity index (χ1v) is 8.01. The first-order valence-electron chi connectivity index (χ1n) is 5.57. The van der Waals surface area contributed by atoms with Crippen LogP contribution in [-0.4, -0.2) is 14.2 Å². The maximum atomic E-state index is 11.8. The molecule has 0 amide bonds. The van der Waals surface area contributed by atoms with Crippen LogP contribution in [0.2, 0.25) is 0 Å². The van der Waals surface area contributed by atoms with Crippen LogP contribution in [0, 0.1) is 12.8 Å². The molecule has 1 N–H and O–H groups in total. The van der Waals surface area contributed by atoms with Crippen LogP contribution < -0.4 is 4.72 Å². The van der Waals surface area contributed by atoms with Gasteiger partial charge in [0.1, 0.15) is 0 Å². The monoisotopic (exact) mass is 319 g/mol. The van der Waals surface area contributed by atoms with Crippen LogP contribution in [-0.2, 0) is 10.0 Å². The molecule has 0 spiro atoms.